The Morgan fingerprint density at radius 1 is 1.26 bits per heavy atom. The third-order valence-electron chi connectivity index (χ3n) is 3.69. The van der Waals surface area contributed by atoms with Crippen LogP contribution >= 0.6 is 0 Å². The first kappa shape index (κ1) is 13.9. The minimum Gasteiger partial charge on any atom is -0.371 e. The Hall–Kier alpha value is -1.57. The zero-order valence-corrected chi connectivity index (χ0v) is 12.3. The van der Waals surface area contributed by atoms with Gasteiger partial charge in [0.15, 0.2) is 0 Å². The summed E-state index contributed by atoms with van der Waals surface area (Å²) in [4.78, 5) is 14.1. The van der Waals surface area contributed by atoms with Crippen molar-refractivity contribution in [3.05, 3.63) is 41.1 Å². The number of hydrogen-bond acceptors (Lipinski definition) is 2. The molecule has 0 atom stereocenters. The lowest BCUT2D eigenvalue weighted by molar-refractivity contribution is -0.121. The largest absolute Gasteiger partial charge is 0.371 e. The van der Waals surface area contributed by atoms with Crippen molar-refractivity contribution in [3.8, 4) is 0 Å². The molecular weight excluding hydrogens is 234 g/mol. The molecule has 1 aromatic rings. The Labute approximate surface area is 116 Å². The minimum atomic E-state index is 0.114. The molecule has 0 N–H and O–H groups in total. The van der Waals surface area contributed by atoms with Gasteiger partial charge < -0.3 is 4.90 Å². The van der Waals surface area contributed by atoms with Crippen LogP contribution in [0, 0.1) is 5.92 Å². The van der Waals surface area contributed by atoms with E-state index in [2.05, 4.69) is 49.2 Å². The predicted molar refractivity (Wildman–Crippen MR) is 79.7 cm³/mol. The van der Waals surface area contributed by atoms with Crippen LogP contribution in [0.2, 0.25) is 0 Å². The van der Waals surface area contributed by atoms with Gasteiger partial charge in [-0.2, -0.15) is 0 Å². The summed E-state index contributed by atoms with van der Waals surface area (Å²) in [6.45, 7) is 9.28. The lowest BCUT2D eigenvalue weighted by atomic mass is 9.96. The van der Waals surface area contributed by atoms with E-state index in [9.17, 15) is 4.79 Å². The third kappa shape index (κ3) is 3.25. The maximum absolute atomic E-state index is 11.8. The maximum atomic E-state index is 11.8. The van der Waals surface area contributed by atoms with Crippen LogP contribution in [0.3, 0.4) is 0 Å². The molecule has 1 aliphatic heterocycles. The fraction of sp³-hybridized carbons (Fsp3) is 0.471. The summed E-state index contributed by atoms with van der Waals surface area (Å²) >= 11 is 0. The first-order chi connectivity index (χ1) is 8.97. The number of hydrogen-bond donors (Lipinski definition) is 0. The van der Waals surface area contributed by atoms with Crippen LogP contribution in [0.5, 0.6) is 0 Å². The normalized spacial score (nSPS) is 14.1. The van der Waals surface area contributed by atoms with Crippen molar-refractivity contribution >= 4 is 11.9 Å². The van der Waals surface area contributed by atoms with E-state index >= 15 is 0 Å². The average Bonchev–Trinajstić information content (AvgIpc) is 2.37. The average molecular weight is 257 g/mol. The van der Waals surface area contributed by atoms with Gasteiger partial charge >= 0.3 is 0 Å². The highest BCUT2D eigenvalue weighted by atomic mass is 16.1. The molecular formula is C17H23NO. The smallest absolute Gasteiger partial charge is 0.139 e. The summed E-state index contributed by atoms with van der Waals surface area (Å²) < 4.78 is 0. The van der Waals surface area contributed by atoms with Gasteiger partial charge in [0.2, 0.25) is 0 Å². The molecule has 2 heteroatoms. The molecule has 1 heterocycles. The second-order valence-corrected chi connectivity index (χ2v) is 5.91. The molecule has 0 saturated heterocycles. The molecule has 0 unspecified atom stereocenters. The Morgan fingerprint density at radius 2 is 2.00 bits per heavy atom. The summed E-state index contributed by atoms with van der Waals surface area (Å²) in [5.41, 5.74) is 3.72. The molecule has 2 nitrogen and oxygen atoms in total. The Morgan fingerprint density at radius 3 is 2.63 bits per heavy atom. The van der Waals surface area contributed by atoms with Crippen LogP contribution in [0.15, 0.2) is 24.4 Å². The van der Waals surface area contributed by atoms with E-state index in [1.807, 2.05) is 13.8 Å². The lowest BCUT2D eigenvalue weighted by Gasteiger charge is -2.29. The van der Waals surface area contributed by atoms with Crippen LogP contribution in [0.4, 0.5) is 0 Å². The van der Waals surface area contributed by atoms with Crippen molar-refractivity contribution in [1.29, 1.82) is 0 Å². The number of rotatable bonds is 4. The van der Waals surface area contributed by atoms with Gasteiger partial charge in [0.05, 0.1) is 0 Å². The molecule has 1 aliphatic rings. The Bertz CT molecular complexity index is 500. The first-order valence-electron chi connectivity index (χ1n) is 7.06. The molecule has 0 bridgehead atoms. The van der Waals surface area contributed by atoms with Crippen LogP contribution in [0.25, 0.3) is 6.08 Å². The topological polar surface area (TPSA) is 20.3 Å². The maximum Gasteiger partial charge on any atom is 0.139 e. The standard InChI is InChI=1S/C17H23NO/c1-12(2)17(19)10-14-5-6-16-11-18(13(3)4)8-7-15(16)9-14/h5-9,12-13H,10-11H2,1-4H3. The fourth-order valence-electron chi connectivity index (χ4n) is 2.24. The first-order valence-corrected chi connectivity index (χ1v) is 7.06. The fourth-order valence-corrected chi connectivity index (χ4v) is 2.24. The molecule has 0 amide bonds. The second-order valence-electron chi connectivity index (χ2n) is 5.91. The summed E-state index contributed by atoms with van der Waals surface area (Å²) in [6.07, 6.45) is 4.86. The molecule has 0 fully saturated rings. The minimum absolute atomic E-state index is 0.114. The van der Waals surface area contributed by atoms with E-state index in [-0.39, 0.29) is 5.92 Å². The third-order valence-corrected chi connectivity index (χ3v) is 3.69. The summed E-state index contributed by atoms with van der Waals surface area (Å²) in [7, 11) is 0. The SMILES string of the molecule is CC(C)C(=O)Cc1ccc2c(c1)C=CN(C(C)C)C2. The van der Waals surface area contributed by atoms with Gasteiger partial charge in [0.1, 0.15) is 5.78 Å². The number of carbonyl (C=O) groups is 1. The van der Waals surface area contributed by atoms with Gasteiger partial charge in [0, 0.05) is 31.1 Å². The van der Waals surface area contributed by atoms with Gasteiger partial charge in [-0.05, 0) is 36.6 Å². The molecule has 0 radical (unpaired) electrons. The molecule has 0 aliphatic carbocycles. The molecule has 1 aromatic carbocycles. The molecule has 19 heavy (non-hydrogen) atoms. The molecule has 0 aromatic heterocycles. The van der Waals surface area contributed by atoms with Crippen molar-refractivity contribution in [2.75, 3.05) is 0 Å². The zero-order valence-electron chi connectivity index (χ0n) is 12.3. The molecule has 2 rings (SSSR count). The van der Waals surface area contributed by atoms with Crippen LogP contribution in [-0.2, 0) is 17.8 Å². The zero-order chi connectivity index (χ0) is 14.0. The van der Waals surface area contributed by atoms with Crippen molar-refractivity contribution in [2.24, 2.45) is 5.92 Å². The van der Waals surface area contributed by atoms with Gasteiger partial charge in [-0.25, -0.2) is 0 Å². The van der Waals surface area contributed by atoms with Gasteiger partial charge in [-0.15, -0.1) is 0 Å². The predicted octanol–water partition coefficient (Wildman–Crippen LogP) is 3.65. The van der Waals surface area contributed by atoms with Crippen molar-refractivity contribution in [3.63, 3.8) is 0 Å². The Kier molecular flexibility index (Phi) is 4.08. The van der Waals surface area contributed by atoms with E-state index in [0.717, 1.165) is 12.1 Å². The second kappa shape index (κ2) is 5.60. The van der Waals surface area contributed by atoms with Gasteiger partial charge in [-0.1, -0.05) is 32.0 Å². The van der Waals surface area contributed by atoms with Gasteiger partial charge in [-0.3, -0.25) is 4.79 Å². The van der Waals surface area contributed by atoms with Gasteiger partial charge in [0.25, 0.3) is 0 Å². The number of Topliss-reactive ketones (excluding diaryl/α,β-unsaturated/α-hetero) is 1. The summed E-state index contributed by atoms with van der Waals surface area (Å²) in [6, 6.07) is 6.93. The number of nitrogens with zero attached hydrogens (tertiary/aromatic N) is 1. The van der Waals surface area contributed by atoms with Crippen LogP contribution in [0.1, 0.15) is 44.4 Å². The summed E-state index contributed by atoms with van der Waals surface area (Å²) in [5.74, 6) is 0.423. The monoisotopic (exact) mass is 257 g/mol. The van der Waals surface area contributed by atoms with E-state index in [4.69, 9.17) is 0 Å². The highest BCUT2D eigenvalue weighted by Crippen LogP contribution is 2.23. The molecule has 102 valence electrons. The van der Waals surface area contributed by atoms with E-state index < -0.39 is 0 Å². The van der Waals surface area contributed by atoms with E-state index in [1.165, 1.54) is 11.1 Å². The highest BCUT2D eigenvalue weighted by molar-refractivity contribution is 5.82. The van der Waals surface area contributed by atoms with Crippen LogP contribution < -0.4 is 0 Å². The number of benzene rings is 1. The number of fused-ring (bicyclic) bond motifs is 1. The van der Waals surface area contributed by atoms with Crippen molar-refractivity contribution in [1.82, 2.24) is 4.90 Å². The highest BCUT2D eigenvalue weighted by Gasteiger charge is 2.14. The number of carbonyl (C=O) groups excluding carboxylic acids is 1. The Balaban J connectivity index is 2.16. The molecule has 0 spiro atoms. The van der Waals surface area contributed by atoms with Crippen LogP contribution in [-0.4, -0.2) is 16.7 Å². The lowest BCUT2D eigenvalue weighted by Crippen LogP contribution is -2.27. The summed E-state index contributed by atoms with van der Waals surface area (Å²) in [5, 5.41) is 0. The van der Waals surface area contributed by atoms with Crippen molar-refractivity contribution < 1.29 is 4.79 Å². The van der Waals surface area contributed by atoms with E-state index in [0.29, 0.717) is 18.2 Å². The number of ketones is 1. The quantitative estimate of drug-likeness (QED) is 0.820. The van der Waals surface area contributed by atoms with E-state index in [1.54, 1.807) is 0 Å². The van der Waals surface area contributed by atoms with Crippen molar-refractivity contribution in [2.45, 2.75) is 46.7 Å². The molecule has 0 saturated carbocycles.